The van der Waals surface area contributed by atoms with E-state index in [9.17, 15) is 14.4 Å². The van der Waals surface area contributed by atoms with Crippen LogP contribution < -0.4 is 10.2 Å². The Kier molecular flexibility index (Phi) is 11.1. The second kappa shape index (κ2) is 14.6. The van der Waals surface area contributed by atoms with Crippen LogP contribution in [0.2, 0.25) is 5.02 Å². The minimum atomic E-state index is -0.277. The topological polar surface area (TPSA) is 76.2 Å². The molecule has 0 aliphatic carbocycles. The number of hydrogen-bond acceptors (Lipinski definition) is 5. The van der Waals surface area contributed by atoms with E-state index >= 15 is 0 Å². The maximum Gasteiger partial charge on any atom is 0.228 e. The monoisotopic (exact) mass is 609 g/mol. The predicted octanol–water partition coefficient (Wildman–Crippen LogP) is 4.71. The quantitative estimate of drug-likeness (QED) is 0.422. The zero-order valence-corrected chi connectivity index (χ0v) is 27.4. The van der Waals surface area contributed by atoms with E-state index in [1.54, 1.807) is 0 Å². The third kappa shape index (κ3) is 8.09. The first-order chi connectivity index (χ1) is 20.5. The van der Waals surface area contributed by atoms with Crippen molar-refractivity contribution in [2.24, 2.45) is 11.8 Å². The third-order valence-corrected chi connectivity index (χ3v) is 9.06. The molecule has 43 heavy (non-hydrogen) atoms. The van der Waals surface area contributed by atoms with E-state index in [1.165, 1.54) is 0 Å². The molecular weight excluding hydrogens is 562 g/mol. The number of nitrogens with one attached hydrogen (secondary N) is 1. The van der Waals surface area contributed by atoms with Gasteiger partial charge in [-0.05, 0) is 56.3 Å². The molecular formula is C34H48ClN5O3. The van der Waals surface area contributed by atoms with Gasteiger partial charge in [-0.1, -0.05) is 62.2 Å². The molecule has 0 unspecified atom stereocenters. The number of aryl methyl sites for hydroxylation is 1. The highest BCUT2D eigenvalue weighted by Crippen LogP contribution is 2.36. The van der Waals surface area contributed by atoms with Crippen LogP contribution in [0.15, 0.2) is 42.5 Å². The van der Waals surface area contributed by atoms with Crippen molar-refractivity contribution >= 4 is 35.0 Å². The van der Waals surface area contributed by atoms with E-state index in [1.807, 2.05) is 60.0 Å². The lowest BCUT2D eigenvalue weighted by Gasteiger charge is -2.39. The number of rotatable bonds is 10. The second-order valence-electron chi connectivity index (χ2n) is 12.6. The van der Waals surface area contributed by atoms with Crippen molar-refractivity contribution < 1.29 is 14.4 Å². The van der Waals surface area contributed by atoms with Crippen LogP contribution in [0.3, 0.4) is 0 Å². The first-order valence-corrected chi connectivity index (χ1v) is 16.0. The van der Waals surface area contributed by atoms with Gasteiger partial charge < -0.3 is 24.9 Å². The number of amides is 3. The Morgan fingerprint density at radius 2 is 1.65 bits per heavy atom. The van der Waals surface area contributed by atoms with Gasteiger partial charge >= 0.3 is 0 Å². The Balaban J connectivity index is 1.49. The van der Waals surface area contributed by atoms with E-state index in [2.05, 4.69) is 49.2 Å². The summed E-state index contributed by atoms with van der Waals surface area (Å²) in [6.07, 6.45) is 0.886. The highest BCUT2D eigenvalue weighted by Gasteiger charge is 2.42. The fourth-order valence-electron chi connectivity index (χ4n) is 6.32. The molecule has 0 spiro atoms. The maximum absolute atomic E-state index is 14.0. The molecule has 1 N–H and O–H groups in total. The summed E-state index contributed by atoms with van der Waals surface area (Å²) in [4.78, 5) is 47.6. The maximum atomic E-state index is 14.0. The highest BCUT2D eigenvalue weighted by molar-refractivity contribution is 6.30. The summed E-state index contributed by atoms with van der Waals surface area (Å²) >= 11 is 6.14. The lowest BCUT2D eigenvalue weighted by Crippen LogP contribution is -2.51. The van der Waals surface area contributed by atoms with Gasteiger partial charge in [0.2, 0.25) is 17.7 Å². The molecule has 8 nitrogen and oxygen atoms in total. The summed E-state index contributed by atoms with van der Waals surface area (Å²) < 4.78 is 0. The predicted molar refractivity (Wildman–Crippen MR) is 173 cm³/mol. The Hall–Kier alpha value is -3.10. The molecule has 0 radical (unpaired) electrons. The van der Waals surface area contributed by atoms with Gasteiger partial charge in [0, 0.05) is 75.3 Å². The van der Waals surface area contributed by atoms with Crippen LogP contribution in [0.4, 0.5) is 5.69 Å². The summed E-state index contributed by atoms with van der Waals surface area (Å²) in [7, 11) is 3.95. The van der Waals surface area contributed by atoms with Crippen LogP contribution in [0.1, 0.15) is 62.3 Å². The zero-order chi connectivity index (χ0) is 31.3. The van der Waals surface area contributed by atoms with E-state index < -0.39 is 0 Å². The summed E-state index contributed by atoms with van der Waals surface area (Å²) in [5.74, 6) is 0.138. The molecule has 0 bridgehead atoms. The molecule has 3 atom stereocenters. The molecule has 2 heterocycles. The van der Waals surface area contributed by atoms with E-state index in [0.29, 0.717) is 63.7 Å². The highest BCUT2D eigenvalue weighted by atomic mass is 35.5. The zero-order valence-electron chi connectivity index (χ0n) is 26.6. The van der Waals surface area contributed by atoms with Gasteiger partial charge in [0.25, 0.3) is 0 Å². The Morgan fingerprint density at radius 1 is 0.977 bits per heavy atom. The van der Waals surface area contributed by atoms with Crippen molar-refractivity contribution in [3.63, 3.8) is 0 Å². The van der Waals surface area contributed by atoms with Crippen LogP contribution in [-0.4, -0.2) is 92.3 Å². The van der Waals surface area contributed by atoms with Crippen molar-refractivity contribution in [3.8, 4) is 0 Å². The van der Waals surface area contributed by atoms with Gasteiger partial charge in [-0.3, -0.25) is 14.4 Å². The Morgan fingerprint density at radius 3 is 2.26 bits per heavy atom. The van der Waals surface area contributed by atoms with Crippen molar-refractivity contribution in [1.29, 1.82) is 0 Å². The SMILES string of the molecule is CCC(=O)N1C[C@@H](C(=O)N2CCN(c3ccc(C)cc3[C@@H](NC(=O)CCN(C)C)C(C)C)CC2)[C@H](c2ccc(Cl)cc2)C1. The van der Waals surface area contributed by atoms with E-state index in [-0.39, 0.29) is 41.5 Å². The number of likely N-dealkylation sites (tertiary alicyclic amines) is 1. The Labute approximate surface area is 262 Å². The largest absolute Gasteiger partial charge is 0.368 e. The Bertz CT molecular complexity index is 1270. The molecule has 0 saturated carbocycles. The van der Waals surface area contributed by atoms with E-state index in [0.717, 1.165) is 22.4 Å². The number of carbonyl (C=O) groups is 3. The molecule has 2 saturated heterocycles. The van der Waals surface area contributed by atoms with Gasteiger partial charge in [0.15, 0.2) is 0 Å². The lowest BCUT2D eigenvalue weighted by atomic mass is 9.88. The molecule has 0 aromatic heterocycles. The van der Waals surface area contributed by atoms with E-state index in [4.69, 9.17) is 11.6 Å². The van der Waals surface area contributed by atoms with Gasteiger partial charge in [0.05, 0.1) is 12.0 Å². The summed E-state index contributed by atoms with van der Waals surface area (Å²) in [5.41, 5.74) is 4.44. The molecule has 2 fully saturated rings. The third-order valence-electron chi connectivity index (χ3n) is 8.81. The number of carbonyl (C=O) groups excluding carboxylic acids is 3. The van der Waals surface area contributed by atoms with Crippen LogP contribution >= 0.6 is 11.6 Å². The number of halogens is 1. The fourth-order valence-corrected chi connectivity index (χ4v) is 6.44. The minimum absolute atomic E-state index is 0.0510. The van der Waals surface area contributed by atoms with Crippen LogP contribution in [0.5, 0.6) is 0 Å². The average Bonchev–Trinajstić information content (AvgIpc) is 3.44. The van der Waals surface area contributed by atoms with Crippen LogP contribution in [-0.2, 0) is 14.4 Å². The summed E-state index contributed by atoms with van der Waals surface area (Å²) in [6.45, 7) is 12.6. The first-order valence-electron chi connectivity index (χ1n) is 15.6. The van der Waals surface area contributed by atoms with Crippen LogP contribution in [0, 0.1) is 18.8 Å². The fraction of sp³-hybridized carbons (Fsp3) is 0.559. The molecule has 234 valence electrons. The molecule has 9 heteroatoms. The standard InChI is InChI=1S/C34H48ClN5O3/c1-7-32(42)40-21-28(25-9-11-26(35)12-10-25)29(22-40)34(43)39-18-16-38(17-19-39)30-13-8-24(4)20-27(30)33(23(2)3)36-31(41)14-15-37(5)6/h8-13,20,23,28-29,33H,7,14-19,21-22H2,1-6H3,(H,36,41)/t28-,29+,33-/m0/s1. The van der Waals surface area contributed by atoms with Crippen molar-refractivity contribution in [2.45, 2.75) is 52.5 Å². The van der Waals surface area contributed by atoms with Gasteiger partial charge in [-0.2, -0.15) is 0 Å². The molecule has 2 aromatic rings. The molecule has 4 rings (SSSR count). The van der Waals surface area contributed by atoms with Gasteiger partial charge in [-0.15, -0.1) is 0 Å². The summed E-state index contributed by atoms with van der Waals surface area (Å²) in [5, 5.41) is 3.96. The first kappa shape index (κ1) is 32.8. The van der Waals surface area contributed by atoms with Gasteiger partial charge in [-0.25, -0.2) is 0 Å². The number of benzene rings is 2. The number of nitrogens with zero attached hydrogens (tertiary/aromatic N) is 4. The number of hydrogen-bond donors (Lipinski definition) is 1. The van der Waals surface area contributed by atoms with Gasteiger partial charge in [0.1, 0.15) is 0 Å². The van der Waals surface area contributed by atoms with Crippen molar-refractivity contribution in [3.05, 3.63) is 64.2 Å². The minimum Gasteiger partial charge on any atom is -0.368 e. The number of anilines is 1. The number of piperazine rings is 1. The van der Waals surface area contributed by atoms with Crippen molar-refractivity contribution in [2.75, 3.05) is 64.8 Å². The molecule has 2 aliphatic rings. The normalized spacial score (nSPS) is 19.7. The molecule has 3 amide bonds. The summed E-state index contributed by atoms with van der Waals surface area (Å²) in [6, 6.07) is 14.0. The van der Waals surface area contributed by atoms with Crippen LogP contribution in [0.25, 0.3) is 0 Å². The average molecular weight is 610 g/mol. The van der Waals surface area contributed by atoms with Crippen molar-refractivity contribution in [1.82, 2.24) is 20.0 Å². The smallest absolute Gasteiger partial charge is 0.228 e. The molecule has 2 aromatic carbocycles. The lowest BCUT2D eigenvalue weighted by molar-refractivity contribution is -0.136. The second-order valence-corrected chi connectivity index (χ2v) is 13.1. The molecule has 2 aliphatic heterocycles.